The Morgan fingerprint density at radius 1 is 1.22 bits per heavy atom. The van der Waals surface area contributed by atoms with Gasteiger partial charge in [-0.05, 0) is 39.2 Å². The highest BCUT2D eigenvalue weighted by molar-refractivity contribution is 7.90. The van der Waals surface area contributed by atoms with Gasteiger partial charge in [0, 0.05) is 25.9 Å². The molecule has 0 bridgehead atoms. The average molecular weight is 340 g/mol. The van der Waals surface area contributed by atoms with Gasteiger partial charge >= 0.3 is 0 Å². The van der Waals surface area contributed by atoms with Crippen molar-refractivity contribution < 1.29 is 8.42 Å². The molecule has 0 heterocycles. The zero-order valence-corrected chi connectivity index (χ0v) is 15.6. The zero-order chi connectivity index (χ0) is 17.5. The molecule has 0 saturated carbocycles. The first kappa shape index (κ1) is 19.5. The van der Waals surface area contributed by atoms with E-state index in [0.29, 0.717) is 12.4 Å². The van der Waals surface area contributed by atoms with Gasteiger partial charge in [-0.1, -0.05) is 29.3 Å². The molecular formula is C17H29N3O2S. The molecule has 2 N–H and O–H groups in total. The van der Waals surface area contributed by atoms with Crippen LogP contribution in [-0.2, 0) is 16.3 Å². The summed E-state index contributed by atoms with van der Waals surface area (Å²) in [6.07, 6.45) is 2.74. The van der Waals surface area contributed by atoms with E-state index in [1.807, 2.05) is 6.92 Å². The molecule has 23 heavy (non-hydrogen) atoms. The Bertz CT molecular complexity index is 619. The molecule has 0 spiro atoms. The summed E-state index contributed by atoms with van der Waals surface area (Å²) in [6, 6.07) is 6.61. The summed E-state index contributed by atoms with van der Waals surface area (Å²) in [5, 5.41) is 6.50. The molecule has 0 aromatic heterocycles. The summed E-state index contributed by atoms with van der Waals surface area (Å²) < 4.78 is 22.4. The van der Waals surface area contributed by atoms with Crippen molar-refractivity contribution in [3.8, 4) is 0 Å². The molecular weight excluding hydrogens is 310 g/mol. The van der Waals surface area contributed by atoms with Gasteiger partial charge < -0.3 is 10.6 Å². The lowest BCUT2D eigenvalue weighted by molar-refractivity contribution is 0.581. The number of aliphatic imine (C=N–C) groups is 1. The molecule has 0 amide bonds. The molecule has 1 unspecified atom stereocenters. The summed E-state index contributed by atoms with van der Waals surface area (Å²) >= 11 is 0. The number of hydrogen-bond donors (Lipinski definition) is 2. The minimum absolute atomic E-state index is 0.0529. The van der Waals surface area contributed by atoms with Crippen molar-refractivity contribution >= 4 is 15.8 Å². The molecule has 6 heteroatoms. The Hall–Kier alpha value is -1.56. The van der Waals surface area contributed by atoms with E-state index in [-0.39, 0.29) is 11.8 Å². The Balaban J connectivity index is 2.42. The molecule has 5 nitrogen and oxygen atoms in total. The lowest BCUT2D eigenvalue weighted by atomic mass is 10.1. The highest BCUT2D eigenvalue weighted by Gasteiger charge is 2.09. The predicted molar refractivity (Wildman–Crippen MR) is 97.9 cm³/mol. The normalized spacial score (nSPS) is 13.7. The summed E-state index contributed by atoms with van der Waals surface area (Å²) in [5.74, 6) is 0.885. The van der Waals surface area contributed by atoms with E-state index in [4.69, 9.17) is 0 Å². The molecule has 0 aliphatic carbocycles. The van der Waals surface area contributed by atoms with Crippen molar-refractivity contribution in [3.63, 3.8) is 0 Å². The largest absolute Gasteiger partial charge is 0.356 e. The summed E-state index contributed by atoms with van der Waals surface area (Å²) in [7, 11) is -1.21. The number of benzene rings is 1. The van der Waals surface area contributed by atoms with Crippen LogP contribution in [0.4, 0.5) is 0 Å². The molecule has 130 valence electrons. The first-order valence-corrected chi connectivity index (χ1v) is 9.98. The van der Waals surface area contributed by atoms with E-state index in [0.717, 1.165) is 13.0 Å². The highest BCUT2D eigenvalue weighted by Crippen LogP contribution is 2.08. The van der Waals surface area contributed by atoms with Crippen molar-refractivity contribution in [1.82, 2.24) is 10.6 Å². The van der Waals surface area contributed by atoms with Gasteiger partial charge in [0.1, 0.15) is 9.84 Å². The first-order valence-electron chi connectivity index (χ1n) is 7.91. The number of guanidine groups is 1. The van der Waals surface area contributed by atoms with Gasteiger partial charge in [0.05, 0.1) is 5.75 Å². The van der Waals surface area contributed by atoms with Gasteiger partial charge in [-0.3, -0.25) is 4.99 Å². The van der Waals surface area contributed by atoms with Crippen LogP contribution in [-0.4, -0.2) is 46.0 Å². The van der Waals surface area contributed by atoms with Crippen LogP contribution in [0.3, 0.4) is 0 Å². The molecule has 1 aromatic carbocycles. The number of sulfone groups is 1. The van der Waals surface area contributed by atoms with E-state index >= 15 is 0 Å². The molecule has 0 saturated heterocycles. The number of nitrogens with zero attached hydrogens (tertiary/aromatic N) is 1. The lowest BCUT2D eigenvalue weighted by Crippen LogP contribution is -2.43. The maximum Gasteiger partial charge on any atom is 0.191 e. The third-order valence-corrected chi connectivity index (χ3v) is 4.49. The number of rotatable bonds is 7. The Morgan fingerprint density at radius 3 is 2.35 bits per heavy atom. The predicted octanol–water partition coefficient (Wildman–Crippen LogP) is 1.83. The molecule has 0 fully saturated rings. The number of hydrogen-bond acceptors (Lipinski definition) is 3. The van der Waals surface area contributed by atoms with Crippen LogP contribution in [0.5, 0.6) is 0 Å². The van der Waals surface area contributed by atoms with Crippen LogP contribution < -0.4 is 10.6 Å². The van der Waals surface area contributed by atoms with E-state index in [1.54, 1.807) is 7.05 Å². The minimum atomic E-state index is -2.92. The van der Waals surface area contributed by atoms with Gasteiger partial charge in [-0.15, -0.1) is 0 Å². The Labute approximate surface area is 140 Å². The summed E-state index contributed by atoms with van der Waals surface area (Å²) in [5.41, 5.74) is 3.85. The lowest BCUT2D eigenvalue weighted by Gasteiger charge is -2.17. The maximum absolute atomic E-state index is 11.2. The number of aryl methyl sites for hydroxylation is 2. The van der Waals surface area contributed by atoms with Gasteiger partial charge in [0.25, 0.3) is 0 Å². The molecule has 1 rings (SSSR count). The fraction of sp³-hybridized carbons (Fsp3) is 0.588. The van der Waals surface area contributed by atoms with Crippen LogP contribution in [0, 0.1) is 13.8 Å². The third-order valence-electron chi connectivity index (χ3n) is 3.52. The van der Waals surface area contributed by atoms with Gasteiger partial charge in [-0.2, -0.15) is 0 Å². The molecule has 0 radical (unpaired) electrons. The molecule has 0 aliphatic rings. The van der Waals surface area contributed by atoms with E-state index < -0.39 is 9.84 Å². The zero-order valence-electron chi connectivity index (χ0n) is 14.8. The Kier molecular flexibility index (Phi) is 7.55. The highest BCUT2D eigenvalue weighted by atomic mass is 32.2. The van der Waals surface area contributed by atoms with Crippen LogP contribution in [0.15, 0.2) is 23.2 Å². The van der Waals surface area contributed by atoms with Crippen molar-refractivity contribution in [2.24, 2.45) is 4.99 Å². The SMILES string of the molecule is CN=C(NCCc1cc(C)cc(C)c1)NC(C)CCS(C)(=O)=O. The van der Waals surface area contributed by atoms with Gasteiger partial charge in [-0.25, -0.2) is 8.42 Å². The van der Waals surface area contributed by atoms with Crippen molar-refractivity contribution in [3.05, 3.63) is 34.9 Å². The second-order valence-corrected chi connectivity index (χ2v) is 8.47. The topological polar surface area (TPSA) is 70.6 Å². The van der Waals surface area contributed by atoms with Crippen molar-refractivity contribution in [1.29, 1.82) is 0 Å². The van der Waals surface area contributed by atoms with Crippen LogP contribution >= 0.6 is 0 Å². The van der Waals surface area contributed by atoms with E-state index in [9.17, 15) is 8.42 Å². The standard InChI is InChI=1S/C17H29N3O2S/c1-13-10-14(2)12-16(11-13)6-8-19-17(18-4)20-15(3)7-9-23(5,21)22/h10-12,15H,6-9H2,1-5H3,(H2,18,19,20). The average Bonchev–Trinajstić information content (AvgIpc) is 2.42. The van der Waals surface area contributed by atoms with Crippen LogP contribution in [0.25, 0.3) is 0 Å². The van der Waals surface area contributed by atoms with Gasteiger partial charge in [0.15, 0.2) is 5.96 Å². The smallest absolute Gasteiger partial charge is 0.191 e. The van der Waals surface area contributed by atoms with E-state index in [2.05, 4.69) is 47.7 Å². The first-order chi connectivity index (χ1) is 10.7. The molecule has 0 aliphatic heterocycles. The minimum Gasteiger partial charge on any atom is -0.356 e. The maximum atomic E-state index is 11.2. The second kappa shape index (κ2) is 8.91. The molecule has 1 atom stereocenters. The number of nitrogens with one attached hydrogen (secondary N) is 2. The monoisotopic (exact) mass is 339 g/mol. The third kappa shape index (κ3) is 8.59. The fourth-order valence-electron chi connectivity index (χ4n) is 2.43. The van der Waals surface area contributed by atoms with E-state index in [1.165, 1.54) is 22.9 Å². The van der Waals surface area contributed by atoms with Crippen molar-refractivity contribution in [2.75, 3.05) is 25.6 Å². The summed E-state index contributed by atoms with van der Waals surface area (Å²) in [4.78, 5) is 4.18. The second-order valence-electron chi connectivity index (χ2n) is 6.21. The van der Waals surface area contributed by atoms with Crippen LogP contribution in [0.1, 0.15) is 30.0 Å². The van der Waals surface area contributed by atoms with Gasteiger partial charge in [0.2, 0.25) is 0 Å². The quantitative estimate of drug-likeness (QED) is 0.587. The molecule has 1 aromatic rings. The fourth-order valence-corrected chi connectivity index (χ4v) is 3.21. The summed E-state index contributed by atoms with van der Waals surface area (Å²) in [6.45, 7) is 6.95. The van der Waals surface area contributed by atoms with Crippen molar-refractivity contribution in [2.45, 2.75) is 39.7 Å². The Morgan fingerprint density at radius 2 is 1.83 bits per heavy atom. The van der Waals surface area contributed by atoms with Crippen LogP contribution in [0.2, 0.25) is 0 Å².